The number of carbonyl (C=O) groups is 3. The zero-order valence-corrected chi connectivity index (χ0v) is 20.0. The van der Waals surface area contributed by atoms with Crippen molar-refractivity contribution in [2.24, 2.45) is 0 Å². The van der Waals surface area contributed by atoms with Crippen molar-refractivity contribution in [3.8, 4) is 0 Å². The molecule has 176 valence electrons. The van der Waals surface area contributed by atoms with Crippen LogP contribution in [-0.2, 0) is 16.1 Å². The standard InChI is InChI=1S/C25H30ClN3O4/c1-17-13-18(2)15-21(14-17)27-24(33)29-12-10-25(29,3)23(32)28(11-4-5-22(30)31)16-19-6-8-20(26)9-7-19/h6-9,13-15H,4-5,10-12,16H2,1-3H3,(H,27,33)(H,30,31). The molecular formula is C25H30ClN3O4. The highest BCUT2D eigenvalue weighted by molar-refractivity contribution is 6.30. The van der Waals surface area contributed by atoms with Gasteiger partial charge in [0.15, 0.2) is 0 Å². The van der Waals surface area contributed by atoms with Gasteiger partial charge < -0.3 is 20.2 Å². The molecule has 2 N–H and O–H groups in total. The number of benzene rings is 2. The fourth-order valence-corrected chi connectivity index (χ4v) is 4.30. The molecule has 1 saturated heterocycles. The predicted octanol–water partition coefficient (Wildman–Crippen LogP) is 4.85. The van der Waals surface area contributed by atoms with Gasteiger partial charge in [-0.15, -0.1) is 0 Å². The van der Waals surface area contributed by atoms with Gasteiger partial charge in [-0.2, -0.15) is 0 Å². The topological polar surface area (TPSA) is 90.0 Å². The van der Waals surface area contributed by atoms with Crippen LogP contribution in [-0.4, -0.2) is 51.4 Å². The van der Waals surface area contributed by atoms with Crippen molar-refractivity contribution in [2.45, 2.75) is 52.1 Å². The van der Waals surface area contributed by atoms with Crippen LogP contribution in [0.3, 0.4) is 0 Å². The zero-order chi connectivity index (χ0) is 24.2. The molecule has 0 saturated carbocycles. The van der Waals surface area contributed by atoms with E-state index in [-0.39, 0.29) is 24.9 Å². The number of halogens is 1. The summed E-state index contributed by atoms with van der Waals surface area (Å²) < 4.78 is 0. The number of aryl methyl sites for hydroxylation is 2. The number of amides is 3. The van der Waals surface area contributed by atoms with E-state index in [2.05, 4.69) is 5.32 Å². The molecule has 7 nitrogen and oxygen atoms in total. The molecule has 0 spiro atoms. The first-order valence-corrected chi connectivity index (χ1v) is 11.4. The van der Waals surface area contributed by atoms with Crippen LogP contribution in [0.5, 0.6) is 0 Å². The number of aliphatic carboxylic acids is 1. The highest BCUT2D eigenvalue weighted by Gasteiger charge is 2.51. The van der Waals surface area contributed by atoms with Crippen molar-refractivity contribution < 1.29 is 19.5 Å². The van der Waals surface area contributed by atoms with Crippen LogP contribution in [0.4, 0.5) is 10.5 Å². The van der Waals surface area contributed by atoms with Gasteiger partial charge in [0.25, 0.3) is 0 Å². The first-order valence-electron chi connectivity index (χ1n) is 11.0. The molecule has 1 heterocycles. The van der Waals surface area contributed by atoms with Gasteiger partial charge >= 0.3 is 12.0 Å². The number of hydrogen-bond donors (Lipinski definition) is 2. The van der Waals surface area contributed by atoms with Crippen molar-refractivity contribution >= 4 is 35.2 Å². The Morgan fingerprint density at radius 1 is 1.12 bits per heavy atom. The van der Waals surface area contributed by atoms with Crippen LogP contribution >= 0.6 is 11.6 Å². The number of carboxylic acids is 1. The molecule has 1 unspecified atom stereocenters. The summed E-state index contributed by atoms with van der Waals surface area (Å²) in [6.45, 7) is 6.78. The van der Waals surface area contributed by atoms with E-state index in [0.717, 1.165) is 16.7 Å². The molecule has 1 fully saturated rings. The summed E-state index contributed by atoms with van der Waals surface area (Å²) in [6, 6.07) is 12.7. The van der Waals surface area contributed by atoms with Gasteiger partial charge in [0.05, 0.1) is 0 Å². The largest absolute Gasteiger partial charge is 0.481 e. The second-order valence-corrected chi connectivity index (χ2v) is 9.27. The molecule has 1 aliphatic rings. The van der Waals surface area contributed by atoms with Crippen molar-refractivity contribution in [2.75, 3.05) is 18.4 Å². The fraction of sp³-hybridized carbons (Fsp3) is 0.400. The SMILES string of the molecule is Cc1cc(C)cc(NC(=O)N2CCC2(C)C(=O)N(CCCC(=O)O)Cc2ccc(Cl)cc2)c1. The maximum atomic E-state index is 13.6. The Bertz CT molecular complexity index is 1020. The number of likely N-dealkylation sites (tertiary alicyclic amines) is 1. The third kappa shape index (κ3) is 6.05. The second-order valence-electron chi connectivity index (χ2n) is 8.83. The maximum Gasteiger partial charge on any atom is 0.322 e. The monoisotopic (exact) mass is 471 g/mol. The molecule has 2 aromatic rings. The van der Waals surface area contributed by atoms with E-state index in [0.29, 0.717) is 36.6 Å². The molecule has 0 bridgehead atoms. The van der Waals surface area contributed by atoms with E-state index in [1.807, 2.05) is 44.2 Å². The van der Waals surface area contributed by atoms with Crippen LogP contribution in [0.2, 0.25) is 5.02 Å². The van der Waals surface area contributed by atoms with E-state index >= 15 is 0 Å². The average molecular weight is 472 g/mol. The van der Waals surface area contributed by atoms with Gasteiger partial charge in [-0.1, -0.05) is 29.8 Å². The number of carboxylic acid groups (broad SMARTS) is 1. The second kappa shape index (κ2) is 10.3. The first kappa shape index (κ1) is 24.6. The Hall–Kier alpha value is -3.06. The summed E-state index contributed by atoms with van der Waals surface area (Å²) in [4.78, 5) is 40.8. The van der Waals surface area contributed by atoms with Crippen LogP contribution in [0.15, 0.2) is 42.5 Å². The normalized spacial score (nSPS) is 17.3. The Labute approximate surface area is 199 Å². The summed E-state index contributed by atoms with van der Waals surface area (Å²) in [5.74, 6) is -1.09. The summed E-state index contributed by atoms with van der Waals surface area (Å²) in [7, 11) is 0. The van der Waals surface area contributed by atoms with Gasteiger partial charge in [-0.3, -0.25) is 9.59 Å². The average Bonchev–Trinajstić information content (AvgIpc) is 2.71. The minimum atomic E-state index is -0.987. The van der Waals surface area contributed by atoms with E-state index < -0.39 is 11.5 Å². The summed E-state index contributed by atoms with van der Waals surface area (Å²) in [5.41, 5.74) is 2.68. The first-order chi connectivity index (χ1) is 15.6. The van der Waals surface area contributed by atoms with Crippen molar-refractivity contribution in [3.63, 3.8) is 0 Å². The number of nitrogens with one attached hydrogen (secondary N) is 1. The van der Waals surface area contributed by atoms with Gasteiger partial charge in [0.1, 0.15) is 5.54 Å². The lowest BCUT2D eigenvalue weighted by Gasteiger charge is -2.50. The number of nitrogens with zero attached hydrogens (tertiary/aromatic N) is 2. The van der Waals surface area contributed by atoms with E-state index in [9.17, 15) is 14.4 Å². The third-order valence-electron chi connectivity index (χ3n) is 5.99. The molecule has 2 aromatic carbocycles. The lowest BCUT2D eigenvalue weighted by atomic mass is 9.85. The molecule has 8 heteroatoms. The smallest absolute Gasteiger partial charge is 0.322 e. The van der Waals surface area contributed by atoms with Crippen LogP contribution in [0, 0.1) is 13.8 Å². The molecule has 3 amide bonds. The molecule has 1 atom stereocenters. The van der Waals surface area contributed by atoms with Crippen LogP contribution in [0.1, 0.15) is 42.9 Å². The molecule has 3 rings (SSSR count). The van der Waals surface area contributed by atoms with Gasteiger partial charge in [-0.05, 0) is 74.6 Å². The highest BCUT2D eigenvalue weighted by atomic mass is 35.5. The zero-order valence-electron chi connectivity index (χ0n) is 19.2. The fourth-order valence-electron chi connectivity index (χ4n) is 4.17. The minimum Gasteiger partial charge on any atom is -0.481 e. The Balaban J connectivity index is 1.75. The Morgan fingerprint density at radius 2 is 1.76 bits per heavy atom. The van der Waals surface area contributed by atoms with Crippen molar-refractivity contribution in [1.29, 1.82) is 0 Å². The number of urea groups is 1. The maximum absolute atomic E-state index is 13.6. The van der Waals surface area contributed by atoms with Crippen LogP contribution in [0.25, 0.3) is 0 Å². The molecule has 1 aliphatic heterocycles. The highest BCUT2D eigenvalue weighted by Crippen LogP contribution is 2.34. The number of anilines is 1. The van der Waals surface area contributed by atoms with Gasteiger partial charge in [0.2, 0.25) is 5.91 Å². The lowest BCUT2D eigenvalue weighted by Crippen LogP contribution is -2.68. The molecular weight excluding hydrogens is 442 g/mol. The minimum absolute atomic E-state index is 0.0297. The number of rotatable bonds is 8. The third-order valence-corrected chi connectivity index (χ3v) is 6.24. The van der Waals surface area contributed by atoms with Gasteiger partial charge in [-0.25, -0.2) is 4.79 Å². The number of hydrogen-bond acceptors (Lipinski definition) is 3. The molecule has 0 radical (unpaired) electrons. The van der Waals surface area contributed by atoms with Gasteiger partial charge in [0, 0.05) is 36.8 Å². The van der Waals surface area contributed by atoms with E-state index in [1.165, 1.54) is 0 Å². The lowest BCUT2D eigenvalue weighted by molar-refractivity contribution is -0.149. The Kier molecular flexibility index (Phi) is 7.64. The molecule has 0 aromatic heterocycles. The number of carbonyl (C=O) groups excluding carboxylic acids is 2. The summed E-state index contributed by atoms with van der Waals surface area (Å²) in [5, 5.41) is 12.5. The van der Waals surface area contributed by atoms with Crippen molar-refractivity contribution in [3.05, 3.63) is 64.2 Å². The quantitative estimate of drug-likeness (QED) is 0.576. The molecule has 33 heavy (non-hydrogen) atoms. The van der Waals surface area contributed by atoms with E-state index in [4.69, 9.17) is 16.7 Å². The molecule has 0 aliphatic carbocycles. The summed E-state index contributed by atoms with van der Waals surface area (Å²) >= 11 is 5.98. The predicted molar refractivity (Wildman–Crippen MR) is 128 cm³/mol. The van der Waals surface area contributed by atoms with E-state index in [1.54, 1.807) is 28.9 Å². The Morgan fingerprint density at radius 3 is 2.30 bits per heavy atom. The van der Waals surface area contributed by atoms with Crippen molar-refractivity contribution in [1.82, 2.24) is 9.80 Å². The summed E-state index contributed by atoms with van der Waals surface area (Å²) in [6.07, 6.45) is 0.847. The van der Waals surface area contributed by atoms with Crippen LogP contribution < -0.4 is 5.32 Å².